The van der Waals surface area contributed by atoms with Gasteiger partial charge in [-0.2, -0.15) is 0 Å². The van der Waals surface area contributed by atoms with E-state index in [1.165, 1.54) is 28.2 Å². The molecule has 6 atom stereocenters. The number of esters is 3. The van der Waals surface area contributed by atoms with E-state index in [4.69, 9.17) is 36.2 Å². The number of likely N-dealkylation sites (N-methyl/N-ethyl adjacent to an activating group) is 6. The first-order valence-corrected chi connectivity index (χ1v) is 25.7. The van der Waals surface area contributed by atoms with Crippen LogP contribution < -0.4 is 60.2 Å². The summed E-state index contributed by atoms with van der Waals surface area (Å²) in [6.45, 7) is 20.5. The van der Waals surface area contributed by atoms with Gasteiger partial charge in [0.05, 0.1) is 37.9 Å². The van der Waals surface area contributed by atoms with Crippen LogP contribution in [-0.4, -0.2) is 154 Å². The first-order valence-electron chi connectivity index (χ1n) is 25.7. The standard InChI is InChI=1S/2C15H23N3O3.C12H25N3O3.C2H5NO.4C2H6.CH5N/c2*1-17-13(10-11-6-4-3-5-7-11)15(20)21-9-8-12(16)14(19)18-2;1-8(2)7-10(14-3)12(17)18-6-5-9(13)11(16)15-4;1-3-2-4;5*1-2/h2*3-7,12-13,17H,8-10,16H2,1-2H3,(H,18,19);8-10,14H,5-7,13H2,1-4H3,(H,15,16);2H,1H3,(H,3,4);4*1-2H3;2H2,1H3/t2*12-,13-;9-,10-;;;;;;/m000....../s1. The molecule has 2 aromatic carbocycles. The summed E-state index contributed by atoms with van der Waals surface area (Å²) in [7, 11) is 12.8. The smallest absolute Gasteiger partial charge is 0.323 e. The molecule has 0 saturated heterocycles. The Morgan fingerprint density at radius 2 is 0.716 bits per heavy atom. The summed E-state index contributed by atoms with van der Waals surface area (Å²) < 4.78 is 15.4. The van der Waals surface area contributed by atoms with E-state index in [2.05, 4.69) is 43.0 Å². The average Bonchev–Trinajstić information content (AvgIpc) is 3.45. The second kappa shape index (κ2) is 61.7. The molecular weight excluding hydrogens is 951 g/mol. The highest BCUT2D eigenvalue weighted by Gasteiger charge is 2.22. The number of ether oxygens (including phenoxy) is 3. The van der Waals surface area contributed by atoms with Crippen molar-refractivity contribution in [3.8, 4) is 0 Å². The summed E-state index contributed by atoms with van der Waals surface area (Å²) in [6, 6.07) is 16.3. The Morgan fingerprint density at radius 1 is 0.473 bits per heavy atom. The summed E-state index contributed by atoms with van der Waals surface area (Å²) in [5.74, 6) is -1.35. The van der Waals surface area contributed by atoms with Gasteiger partial charge >= 0.3 is 17.9 Å². The minimum atomic E-state index is -0.662. The van der Waals surface area contributed by atoms with Crippen molar-refractivity contribution in [3.05, 3.63) is 71.8 Å². The molecule has 0 aromatic heterocycles. The molecule has 2 aromatic rings. The number of carbonyl (C=O) groups excluding carboxylic acids is 7. The van der Waals surface area contributed by atoms with Gasteiger partial charge in [-0.25, -0.2) is 0 Å². The summed E-state index contributed by atoms with van der Waals surface area (Å²) in [6.07, 6.45) is 3.37. The van der Waals surface area contributed by atoms with Gasteiger partial charge in [-0.05, 0) is 64.5 Å². The molecule has 0 fully saturated rings. The lowest BCUT2D eigenvalue weighted by Gasteiger charge is -2.17. The van der Waals surface area contributed by atoms with E-state index in [-0.39, 0.29) is 61.5 Å². The summed E-state index contributed by atoms with van der Waals surface area (Å²) in [5, 5.41) is 18.4. The van der Waals surface area contributed by atoms with Gasteiger partial charge in [-0.15, -0.1) is 0 Å². The second-order valence-electron chi connectivity index (χ2n) is 14.5. The molecule has 0 aliphatic rings. The van der Waals surface area contributed by atoms with Crippen LogP contribution in [0.1, 0.15) is 106 Å². The first-order chi connectivity index (χ1) is 35.5. The molecule has 0 aliphatic carbocycles. The minimum absolute atomic E-state index is 0.125. The summed E-state index contributed by atoms with van der Waals surface area (Å²) >= 11 is 0. The van der Waals surface area contributed by atoms with Gasteiger partial charge in [0.2, 0.25) is 24.1 Å². The van der Waals surface area contributed by atoms with Gasteiger partial charge in [0, 0.05) is 47.5 Å². The van der Waals surface area contributed by atoms with E-state index in [0.717, 1.165) is 17.5 Å². The zero-order valence-electron chi connectivity index (χ0n) is 48.6. The quantitative estimate of drug-likeness (QED) is 0.0386. The van der Waals surface area contributed by atoms with Crippen molar-refractivity contribution in [2.45, 2.75) is 144 Å². The van der Waals surface area contributed by atoms with E-state index in [0.29, 0.717) is 44.4 Å². The molecule has 15 N–H and O–H groups in total. The van der Waals surface area contributed by atoms with E-state index in [1.807, 2.05) is 130 Å². The molecule has 2 rings (SSSR count). The molecule has 432 valence electrons. The number of nitrogens with two attached hydrogens (primary N) is 4. The van der Waals surface area contributed by atoms with Crippen molar-refractivity contribution in [2.24, 2.45) is 28.9 Å². The Bertz CT molecular complexity index is 1510. The number of amides is 4. The normalized spacial score (nSPS) is 11.7. The van der Waals surface area contributed by atoms with Crippen molar-refractivity contribution >= 4 is 42.0 Å². The van der Waals surface area contributed by atoms with Crippen molar-refractivity contribution in [2.75, 3.05) is 76.2 Å². The molecule has 0 radical (unpaired) electrons. The lowest BCUT2D eigenvalue weighted by atomic mass is 10.0. The third-order valence-electron chi connectivity index (χ3n) is 9.06. The molecule has 74 heavy (non-hydrogen) atoms. The molecule has 0 unspecified atom stereocenters. The van der Waals surface area contributed by atoms with E-state index in [1.54, 1.807) is 28.2 Å². The van der Waals surface area contributed by atoms with Gasteiger partial charge < -0.3 is 74.4 Å². The second-order valence-corrected chi connectivity index (χ2v) is 14.5. The highest BCUT2D eigenvalue weighted by molar-refractivity contribution is 5.82. The maximum atomic E-state index is 12.0. The number of benzene rings is 2. The molecule has 21 heteroatoms. The number of hydrogen-bond donors (Lipinski definition) is 11. The highest BCUT2D eigenvalue weighted by atomic mass is 16.5. The molecule has 0 saturated carbocycles. The number of nitrogens with one attached hydrogen (secondary N) is 7. The van der Waals surface area contributed by atoms with Crippen LogP contribution in [0.2, 0.25) is 0 Å². The Labute approximate surface area is 446 Å². The fourth-order valence-electron chi connectivity index (χ4n) is 5.22. The Balaban J connectivity index is -0.000000162. The maximum Gasteiger partial charge on any atom is 0.323 e. The van der Waals surface area contributed by atoms with Crippen LogP contribution in [0.15, 0.2) is 60.7 Å². The van der Waals surface area contributed by atoms with Crippen molar-refractivity contribution in [3.63, 3.8) is 0 Å². The third-order valence-corrected chi connectivity index (χ3v) is 9.06. The van der Waals surface area contributed by atoms with Crippen LogP contribution in [0, 0.1) is 5.92 Å². The van der Waals surface area contributed by atoms with Crippen LogP contribution >= 0.6 is 0 Å². The predicted octanol–water partition coefficient (Wildman–Crippen LogP) is 2.32. The Morgan fingerprint density at radius 3 is 0.919 bits per heavy atom. The van der Waals surface area contributed by atoms with Crippen molar-refractivity contribution in [1.82, 2.24) is 37.2 Å². The zero-order chi connectivity index (χ0) is 58.9. The fourth-order valence-corrected chi connectivity index (χ4v) is 5.22. The lowest BCUT2D eigenvalue weighted by molar-refractivity contribution is -0.147. The van der Waals surface area contributed by atoms with E-state index in [9.17, 15) is 28.8 Å². The fraction of sp³-hybridized carbons (Fsp3) is 0.642. The molecule has 0 bridgehead atoms. The van der Waals surface area contributed by atoms with E-state index < -0.39 is 30.2 Å². The predicted molar refractivity (Wildman–Crippen MR) is 302 cm³/mol. The Kier molecular flexibility index (Phi) is 68.8. The third kappa shape index (κ3) is 47.5. The molecule has 0 heterocycles. The van der Waals surface area contributed by atoms with Crippen molar-refractivity contribution in [1.29, 1.82) is 0 Å². The van der Waals surface area contributed by atoms with Gasteiger partial charge in [0.25, 0.3) is 0 Å². The highest BCUT2D eigenvalue weighted by Crippen LogP contribution is 2.08. The monoisotopic (exact) mass is 1060 g/mol. The van der Waals surface area contributed by atoms with Crippen LogP contribution in [0.3, 0.4) is 0 Å². The zero-order valence-corrected chi connectivity index (χ0v) is 48.6. The topological polar surface area (TPSA) is 335 Å². The van der Waals surface area contributed by atoms with Gasteiger partial charge in [-0.3, -0.25) is 33.6 Å². The molecular formula is C53H105N11O10. The van der Waals surface area contributed by atoms with Crippen LogP contribution in [0.25, 0.3) is 0 Å². The maximum absolute atomic E-state index is 12.0. The molecule has 4 amide bonds. The SMILES string of the molecule is CC.CC.CC.CC.CN.CNC(=O)[C@@H](N)CCOC(=O)[C@H](CC(C)C)NC.CNC(=O)[C@@H](N)CCOC(=O)[C@H](Cc1ccccc1)NC.CNC(=O)[C@@H](N)CCOC(=O)[C@H](Cc1ccccc1)NC.CNC=O. The van der Waals surface area contributed by atoms with Crippen molar-refractivity contribution < 1.29 is 47.8 Å². The van der Waals surface area contributed by atoms with Gasteiger partial charge in [-0.1, -0.05) is 130 Å². The average molecular weight is 1060 g/mol. The van der Waals surface area contributed by atoms with E-state index >= 15 is 0 Å². The van der Waals surface area contributed by atoms with Crippen LogP contribution in [0.5, 0.6) is 0 Å². The van der Waals surface area contributed by atoms with Crippen LogP contribution in [-0.2, 0) is 60.6 Å². The Hall–Kier alpha value is -5.55. The number of carbonyl (C=O) groups is 7. The summed E-state index contributed by atoms with van der Waals surface area (Å²) in [5.41, 5.74) is 23.4. The van der Waals surface area contributed by atoms with Gasteiger partial charge in [0.1, 0.15) is 18.1 Å². The molecule has 0 spiro atoms. The lowest BCUT2D eigenvalue weighted by Crippen LogP contribution is -2.41. The molecule has 0 aliphatic heterocycles. The molecule has 21 nitrogen and oxygen atoms in total. The number of rotatable bonds is 25. The summed E-state index contributed by atoms with van der Waals surface area (Å²) in [4.78, 5) is 78.3. The number of hydrogen-bond acceptors (Lipinski definition) is 17. The first kappa shape index (κ1) is 82.5. The van der Waals surface area contributed by atoms with Gasteiger partial charge in [0.15, 0.2) is 0 Å². The minimum Gasteiger partial charge on any atom is -0.464 e. The van der Waals surface area contributed by atoms with Crippen LogP contribution in [0.4, 0.5) is 0 Å². The largest absolute Gasteiger partial charge is 0.464 e.